The summed E-state index contributed by atoms with van der Waals surface area (Å²) in [6.45, 7) is 3.46. The molecule has 6 nitrogen and oxygen atoms in total. The maximum absolute atomic E-state index is 12.7. The number of nitrogens with one attached hydrogen (secondary N) is 2. The van der Waals surface area contributed by atoms with Gasteiger partial charge < -0.3 is 15.4 Å². The van der Waals surface area contributed by atoms with Crippen molar-refractivity contribution in [2.24, 2.45) is 0 Å². The lowest BCUT2D eigenvalue weighted by Gasteiger charge is -2.16. The fraction of sp³-hybridized carbons (Fsp3) is 0.467. The van der Waals surface area contributed by atoms with E-state index < -0.39 is 0 Å². The summed E-state index contributed by atoms with van der Waals surface area (Å²) in [7, 11) is 1.81. The first-order valence-electron chi connectivity index (χ1n) is 7.05. The Hall–Kier alpha value is -2.15. The van der Waals surface area contributed by atoms with Gasteiger partial charge in [0.15, 0.2) is 0 Å². The topological polar surface area (TPSA) is 70.7 Å². The first-order valence-corrected chi connectivity index (χ1v) is 7.05. The molecule has 0 heterocycles. The molecule has 0 aliphatic heterocycles. The molecule has 2 amide bonds. The molecule has 0 aliphatic rings. The average Bonchev–Trinajstić information content (AvgIpc) is 2.45. The minimum atomic E-state index is -0.305. The summed E-state index contributed by atoms with van der Waals surface area (Å²) in [5.41, 5.74) is 0. The summed E-state index contributed by atoms with van der Waals surface area (Å²) >= 11 is 0. The van der Waals surface area contributed by atoms with Crippen LogP contribution >= 0.6 is 0 Å². The largest absolute Gasteiger partial charge is 0.492 e. The van der Waals surface area contributed by atoms with Gasteiger partial charge in [-0.25, -0.2) is 4.39 Å². The summed E-state index contributed by atoms with van der Waals surface area (Å²) < 4.78 is 18.2. The maximum atomic E-state index is 12.7. The highest BCUT2D eigenvalue weighted by molar-refractivity contribution is 5.78. The van der Waals surface area contributed by atoms with E-state index in [0.717, 1.165) is 0 Å². The summed E-state index contributed by atoms with van der Waals surface area (Å²) in [6.07, 6.45) is 0. The quantitative estimate of drug-likeness (QED) is 0.647. The average molecular weight is 311 g/mol. The molecule has 0 aliphatic carbocycles. The molecule has 7 heteroatoms. The molecule has 0 spiro atoms. The SMILES string of the molecule is CC(=O)NCCNC(=O)CN(C)CCOc1ccc(F)cc1. The molecule has 122 valence electrons. The van der Waals surface area contributed by atoms with E-state index in [1.165, 1.54) is 19.1 Å². The zero-order chi connectivity index (χ0) is 16.4. The fourth-order valence-electron chi connectivity index (χ4n) is 1.67. The zero-order valence-corrected chi connectivity index (χ0v) is 12.9. The first-order chi connectivity index (χ1) is 10.5. The Morgan fingerprint density at radius 3 is 2.45 bits per heavy atom. The standard InChI is InChI=1S/C15H22FN3O3/c1-12(20)17-7-8-18-15(21)11-19(2)9-10-22-14-5-3-13(16)4-6-14/h3-6H,7-11H2,1-2H3,(H,17,20)(H,18,21). The van der Waals surface area contributed by atoms with Crippen LogP contribution in [0.4, 0.5) is 4.39 Å². The Balaban J connectivity index is 2.11. The van der Waals surface area contributed by atoms with Crippen molar-refractivity contribution in [3.63, 3.8) is 0 Å². The molecule has 1 rings (SSSR count). The van der Waals surface area contributed by atoms with Gasteiger partial charge in [-0.2, -0.15) is 0 Å². The summed E-state index contributed by atoms with van der Waals surface area (Å²) in [6, 6.07) is 5.79. The Morgan fingerprint density at radius 1 is 1.18 bits per heavy atom. The van der Waals surface area contributed by atoms with Gasteiger partial charge in [0.05, 0.1) is 6.54 Å². The minimum Gasteiger partial charge on any atom is -0.492 e. The molecule has 0 saturated carbocycles. The van der Waals surface area contributed by atoms with E-state index in [-0.39, 0.29) is 24.2 Å². The number of benzene rings is 1. The van der Waals surface area contributed by atoms with Crippen molar-refractivity contribution in [3.05, 3.63) is 30.1 Å². The first kappa shape index (κ1) is 17.9. The van der Waals surface area contributed by atoms with Crippen LogP contribution in [0.5, 0.6) is 5.75 Å². The molecule has 0 fully saturated rings. The van der Waals surface area contributed by atoms with E-state index >= 15 is 0 Å². The van der Waals surface area contributed by atoms with Crippen molar-refractivity contribution < 1.29 is 18.7 Å². The van der Waals surface area contributed by atoms with E-state index in [4.69, 9.17) is 4.74 Å². The van der Waals surface area contributed by atoms with Crippen molar-refractivity contribution in [2.45, 2.75) is 6.92 Å². The predicted molar refractivity (Wildman–Crippen MR) is 81.1 cm³/mol. The van der Waals surface area contributed by atoms with E-state index in [1.54, 1.807) is 19.2 Å². The lowest BCUT2D eigenvalue weighted by atomic mass is 10.3. The smallest absolute Gasteiger partial charge is 0.234 e. The Labute approximate surface area is 129 Å². The van der Waals surface area contributed by atoms with Gasteiger partial charge in [-0.05, 0) is 31.3 Å². The number of carbonyl (C=O) groups excluding carboxylic acids is 2. The van der Waals surface area contributed by atoms with Crippen LogP contribution in [-0.4, -0.2) is 56.5 Å². The van der Waals surface area contributed by atoms with Crippen LogP contribution in [0.1, 0.15) is 6.92 Å². The molecular weight excluding hydrogens is 289 g/mol. The number of halogens is 1. The van der Waals surface area contributed by atoms with Crippen molar-refractivity contribution in [1.82, 2.24) is 15.5 Å². The zero-order valence-electron chi connectivity index (χ0n) is 12.9. The number of amides is 2. The van der Waals surface area contributed by atoms with Gasteiger partial charge in [-0.15, -0.1) is 0 Å². The second kappa shape index (κ2) is 9.73. The molecule has 0 aromatic heterocycles. The molecule has 1 aromatic carbocycles. The minimum absolute atomic E-state index is 0.116. The van der Waals surface area contributed by atoms with Crippen LogP contribution in [0, 0.1) is 5.82 Å². The van der Waals surface area contributed by atoms with Crippen molar-refractivity contribution in [1.29, 1.82) is 0 Å². The number of likely N-dealkylation sites (N-methyl/N-ethyl adjacent to an activating group) is 1. The third kappa shape index (κ3) is 8.21. The number of hydrogen-bond acceptors (Lipinski definition) is 4. The van der Waals surface area contributed by atoms with Crippen molar-refractivity contribution in [2.75, 3.05) is 39.8 Å². The third-order valence-corrected chi connectivity index (χ3v) is 2.79. The Morgan fingerprint density at radius 2 is 1.82 bits per heavy atom. The van der Waals surface area contributed by atoms with Crippen molar-refractivity contribution >= 4 is 11.8 Å². The van der Waals surface area contributed by atoms with E-state index in [9.17, 15) is 14.0 Å². The van der Waals surface area contributed by atoms with Gasteiger partial charge >= 0.3 is 0 Å². The van der Waals surface area contributed by atoms with E-state index in [0.29, 0.717) is 32.0 Å². The second-order valence-corrected chi connectivity index (χ2v) is 4.87. The molecule has 2 N–H and O–H groups in total. The summed E-state index contributed by atoms with van der Waals surface area (Å²) in [5, 5.41) is 5.30. The van der Waals surface area contributed by atoms with Gasteiger partial charge in [0, 0.05) is 26.6 Å². The Kier molecular flexibility index (Phi) is 7.91. The number of hydrogen-bond donors (Lipinski definition) is 2. The molecule has 22 heavy (non-hydrogen) atoms. The van der Waals surface area contributed by atoms with E-state index in [1.807, 2.05) is 4.90 Å². The number of nitrogens with zero attached hydrogens (tertiary/aromatic N) is 1. The van der Waals surface area contributed by atoms with Gasteiger partial charge in [-0.1, -0.05) is 0 Å². The lowest BCUT2D eigenvalue weighted by molar-refractivity contribution is -0.122. The molecule has 0 atom stereocenters. The lowest BCUT2D eigenvalue weighted by Crippen LogP contribution is -2.40. The van der Waals surface area contributed by atoms with E-state index in [2.05, 4.69) is 10.6 Å². The maximum Gasteiger partial charge on any atom is 0.234 e. The summed E-state index contributed by atoms with van der Waals surface area (Å²) in [4.78, 5) is 24.1. The monoisotopic (exact) mass is 311 g/mol. The Bertz CT molecular complexity index is 479. The van der Waals surface area contributed by atoms with Gasteiger partial charge in [0.1, 0.15) is 18.2 Å². The predicted octanol–water partition coefficient (Wildman–Crippen LogP) is 0.389. The highest BCUT2D eigenvalue weighted by Gasteiger charge is 2.06. The molecule has 0 radical (unpaired) electrons. The van der Waals surface area contributed by atoms with Crippen LogP contribution in [-0.2, 0) is 9.59 Å². The van der Waals surface area contributed by atoms with Gasteiger partial charge in [0.2, 0.25) is 11.8 Å². The van der Waals surface area contributed by atoms with Gasteiger partial charge in [-0.3, -0.25) is 14.5 Å². The van der Waals surface area contributed by atoms with Gasteiger partial charge in [0.25, 0.3) is 0 Å². The number of carbonyl (C=O) groups is 2. The number of rotatable bonds is 9. The van der Waals surface area contributed by atoms with Crippen LogP contribution in [0.2, 0.25) is 0 Å². The summed E-state index contributed by atoms with van der Waals surface area (Å²) in [5.74, 6) is 0.0499. The molecular formula is C15H22FN3O3. The molecule has 0 unspecified atom stereocenters. The highest BCUT2D eigenvalue weighted by Crippen LogP contribution is 2.10. The molecule has 1 aromatic rings. The highest BCUT2D eigenvalue weighted by atomic mass is 19.1. The normalized spacial score (nSPS) is 10.4. The fourth-order valence-corrected chi connectivity index (χ4v) is 1.67. The second-order valence-electron chi connectivity index (χ2n) is 4.87. The van der Waals surface area contributed by atoms with Crippen LogP contribution in [0.15, 0.2) is 24.3 Å². The van der Waals surface area contributed by atoms with Crippen LogP contribution in [0.3, 0.4) is 0 Å². The van der Waals surface area contributed by atoms with Crippen LogP contribution in [0.25, 0.3) is 0 Å². The molecule has 0 bridgehead atoms. The third-order valence-electron chi connectivity index (χ3n) is 2.79. The number of ether oxygens (including phenoxy) is 1. The van der Waals surface area contributed by atoms with Crippen LogP contribution < -0.4 is 15.4 Å². The van der Waals surface area contributed by atoms with Crippen molar-refractivity contribution in [3.8, 4) is 5.75 Å². The molecule has 0 saturated heterocycles.